The molecule has 4 N–H and O–H groups in total. The zero-order valence-electron chi connectivity index (χ0n) is 27.2. The van der Waals surface area contributed by atoms with Crippen molar-refractivity contribution in [2.75, 3.05) is 27.3 Å². The summed E-state index contributed by atoms with van der Waals surface area (Å²) in [5.74, 6) is 0.226. The van der Waals surface area contributed by atoms with Crippen LogP contribution < -0.4 is 30.7 Å². The standard InChI is InChI=1S/C36H37Cl2FN6O4/c1-48-35-20(16-40-17-21-10-13-31(46)42-21)9-12-29(44-35)25-7-3-5-23(33(25)37)24-6-4-8-26(34(24)38)30-15-28(39)27(36(45-30)49-2)19-41-18-22-11-14-32(47)43-22/h3-9,12,15,21-22,40-41H,10-11,13-14,16-19H2,1-2H3,(H,42,46)(H,43,47)/t21-,22-/m0/s1. The van der Waals surface area contributed by atoms with Gasteiger partial charge >= 0.3 is 0 Å². The van der Waals surface area contributed by atoms with Crippen LogP contribution in [0.1, 0.15) is 36.8 Å². The lowest BCUT2D eigenvalue weighted by atomic mass is 9.98. The van der Waals surface area contributed by atoms with Crippen molar-refractivity contribution in [1.82, 2.24) is 31.2 Å². The lowest BCUT2D eigenvalue weighted by molar-refractivity contribution is -0.120. The molecular weight excluding hydrogens is 670 g/mol. The van der Waals surface area contributed by atoms with E-state index in [1.54, 1.807) is 13.2 Å². The van der Waals surface area contributed by atoms with E-state index < -0.39 is 5.82 Å². The molecule has 0 saturated carbocycles. The molecule has 2 aromatic heterocycles. The van der Waals surface area contributed by atoms with Crippen LogP contribution in [0.5, 0.6) is 11.8 Å². The van der Waals surface area contributed by atoms with E-state index in [0.717, 1.165) is 18.4 Å². The highest BCUT2D eigenvalue weighted by Crippen LogP contribution is 2.42. The van der Waals surface area contributed by atoms with Crippen molar-refractivity contribution in [3.8, 4) is 45.4 Å². The summed E-state index contributed by atoms with van der Waals surface area (Å²) < 4.78 is 26.6. The Bertz CT molecular complexity index is 1880. The molecule has 2 aliphatic rings. The van der Waals surface area contributed by atoms with Crippen molar-refractivity contribution in [2.24, 2.45) is 0 Å². The van der Waals surface area contributed by atoms with Gasteiger partial charge in [-0.15, -0.1) is 0 Å². The first-order chi connectivity index (χ1) is 23.7. The molecule has 0 spiro atoms. The predicted molar refractivity (Wildman–Crippen MR) is 187 cm³/mol. The van der Waals surface area contributed by atoms with Crippen LogP contribution in [0, 0.1) is 5.82 Å². The summed E-state index contributed by atoms with van der Waals surface area (Å²) in [6.07, 6.45) is 2.61. The Kier molecular flexibility index (Phi) is 10.9. The van der Waals surface area contributed by atoms with E-state index in [2.05, 4.69) is 26.3 Å². The molecule has 4 heterocycles. The molecule has 0 bridgehead atoms. The van der Waals surface area contributed by atoms with Gasteiger partial charge in [0, 0.05) is 85.0 Å². The first-order valence-corrected chi connectivity index (χ1v) is 16.9. The van der Waals surface area contributed by atoms with Gasteiger partial charge in [-0.05, 0) is 18.9 Å². The molecule has 2 saturated heterocycles. The number of carbonyl (C=O) groups is 2. The number of ether oxygens (including phenoxy) is 2. The quantitative estimate of drug-likeness (QED) is 0.140. The third-order valence-electron chi connectivity index (χ3n) is 8.77. The van der Waals surface area contributed by atoms with E-state index in [-0.39, 0.29) is 41.9 Å². The Balaban J connectivity index is 1.22. The zero-order valence-corrected chi connectivity index (χ0v) is 28.7. The predicted octanol–water partition coefficient (Wildman–Crippen LogP) is 5.68. The number of carbonyl (C=O) groups excluding carboxylic acids is 2. The average Bonchev–Trinajstić information content (AvgIpc) is 3.72. The first kappa shape index (κ1) is 34.6. The number of pyridine rings is 2. The average molecular weight is 708 g/mol. The Morgan fingerprint density at radius 2 is 1.29 bits per heavy atom. The van der Waals surface area contributed by atoms with Crippen molar-refractivity contribution in [1.29, 1.82) is 0 Å². The minimum atomic E-state index is -0.490. The molecule has 0 radical (unpaired) electrons. The number of rotatable bonds is 13. The Morgan fingerprint density at radius 1 is 0.755 bits per heavy atom. The van der Waals surface area contributed by atoms with Gasteiger partial charge in [0.15, 0.2) is 0 Å². The van der Waals surface area contributed by atoms with Gasteiger partial charge in [-0.25, -0.2) is 14.4 Å². The van der Waals surface area contributed by atoms with Crippen LogP contribution >= 0.6 is 23.2 Å². The van der Waals surface area contributed by atoms with E-state index in [4.69, 9.17) is 37.7 Å². The van der Waals surface area contributed by atoms with Crippen molar-refractivity contribution >= 4 is 35.0 Å². The van der Waals surface area contributed by atoms with Crippen LogP contribution in [0.15, 0.2) is 54.6 Å². The molecule has 49 heavy (non-hydrogen) atoms. The number of nitrogens with zero attached hydrogens (tertiary/aromatic N) is 2. The molecule has 2 aromatic carbocycles. The smallest absolute Gasteiger partial charge is 0.221 e. The number of hydrogen-bond acceptors (Lipinski definition) is 8. The summed E-state index contributed by atoms with van der Waals surface area (Å²) in [6, 6.07) is 16.4. The maximum atomic E-state index is 15.5. The highest BCUT2D eigenvalue weighted by atomic mass is 35.5. The summed E-state index contributed by atoms with van der Waals surface area (Å²) in [7, 11) is 3.01. The molecule has 2 aliphatic heterocycles. The molecule has 4 aromatic rings. The summed E-state index contributed by atoms with van der Waals surface area (Å²) >= 11 is 14.0. The molecule has 256 valence electrons. The fourth-order valence-electron chi connectivity index (χ4n) is 6.20. The lowest BCUT2D eigenvalue weighted by Crippen LogP contribution is -2.35. The monoisotopic (exact) mass is 706 g/mol. The Hall–Kier alpha value is -4.29. The summed E-state index contributed by atoms with van der Waals surface area (Å²) in [4.78, 5) is 32.3. The van der Waals surface area contributed by atoms with Crippen molar-refractivity contribution in [2.45, 2.75) is 50.9 Å². The van der Waals surface area contributed by atoms with Gasteiger partial charge in [-0.1, -0.05) is 65.7 Å². The van der Waals surface area contributed by atoms with Crippen LogP contribution in [-0.4, -0.2) is 61.2 Å². The SMILES string of the molecule is COc1nc(-c2cccc(-c3cccc(-c4cc(F)c(CNC[C@@H]5CCC(=O)N5)c(OC)n4)c3Cl)c2Cl)ccc1CNC[C@@H]1CCC(=O)N1. The van der Waals surface area contributed by atoms with Crippen LogP contribution in [0.2, 0.25) is 10.0 Å². The number of halogens is 3. The second kappa shape index (κ2) is 15.5. The molecule has 0 unspecified atom stereocenters. The third-order valence-corrected chi connectivity index (χ3v) is 9.58. The molecule has 2 fully saturated rings. The maximum Gasteiger partial charge on any atom is 0.221 e. The Morgan fingerprint density at radius 3 is 1.84 bits per heavy atom. The van der Waals surface area contributed by atoms with Gasteiger partial charge in [-0.2, -0.15) is 0 Å². The first-order valence-electron chi connectivity index (χ1n) is 16.1. The van der Waals surface area contributed by atoms with Gasteiger partial charge in [0.2, 0.25) is 23.6 Å². The topological polar surface area (TPSA) is 126 Å². The summed E-state index contributed by atoms with van der Waals surface area (Å²) in [5, 5.41) is 13.2. The molecule has 2 atom stereocenters. The third kappa shape index (κ3) is 7.80. The molecular formula is C36H37Cl2FN6O4. The van der Waals surface area contributed by atoms with Gasteiger partial charge in [-0.3, -0.25) is 9.59 Å². The Labute approximate surface area is 294 Å². The fraction of sp³-hybridized carbons (Fsp3) is 0.333. The van der Waals surface area contributed by atoms with Gasteiger partial charge in [0.05, 0.1) is 41.2 Å². The highest BCUT2D eigenvalue weighted by molar-refractivity contribution is 6.39. The van der Waals surface area contributed by atoms with Crippen LogP contribution in [0.25, 0.3) is 33.6 Å². The largest absolute Gasteiger partial charge is 0.481 e. The lowest BCUT2D eigenvalue weighted by Gasteiger charge is -2.16. The number of hydrogen-bond donors (Lipinski definition) is 4. The second-order valence-electron chi connectivity index (χ2n) is 12.0. The molecule has 13 heteroatoms. The van der Waals surface area contributed by atoms with E-state index >= 15 is 4.39 Å². The normalized spacial score (nSPS) is 17.2. The van der Waals surface area contributed by atoms with Crippen LogP contribution in [0.3, 0.4) is 0 Å². The second-order valence-corrected chi connectivity index (χ2v) is 12.8. The highest BCUT2D eigenvalue weighted by Gasteiger charge is 2.23. The molecule has 0 aliphatic carbocycles. The number of amides is 2. The van der Waals surface area contributed by atoms with Crippen molar-refractivity contribution in [3.05, 3.63) is 81.6 Å². The van der Waals surface area contributed by atoms with E-state index in [1.807, 2.05) is 42.5 Å². The van der Waals surface area contributed by atoms with E-state index in [0.29, 0.717) is 82.0 Å². The van der Waals surface area contributed by atoms with E-state index in [1.165, 1.54) is 13.2 Å². The number of nitrogens with one attached hydrogen (secondary N) is 4. The summed E-state index contributed by atoms with van der Waals surface area (Å²) in [6.45, 7) is 1.87. The van der Waals surface area contributed by atoms with Crippen LogP contribution in [-0.2, 0) is 22.7 Å². The minimum Gasteiger partial charge on any atom is -0.481 e. The number of benzene rings is 2. The molecule has 2 amide bonds. The fourth-order valence-corrected chi connectivity index (χ4v) is 6.85. The van der Waals surface area contributed by atoms with Gasteiger partial charge < -0.3 is 30.7 Å². The van der Waals surface area contributed by atoms with E-state index in [9.17, 15) is 9.59 Å². The van der Waals surface area contributed by atoms with Crippen LogP contribution in [0.4, 0.5) is 4.39 Å². The van der Waals surface area contributed by atoms with Gasteiger partial charge in [0.25, 0.3) is 0 Å². The summed E-state index contributed by atoms with van der Waals surface area (Å²) in [5.41, 5.74) is 4.60. The number of aromatic nitrogens is 2. The zero-order chi connectivity index (χ0) is 34.5. The maximum absolute atomic E-state index is 15.5. The molecule has 10 nitrogen and oxygen atoms in total. The minimum absolute atomic E-state index is 0.0129. The molecule has 6 rings (SSSR count). The van der Waals surface area contributed by atoms with Crippen molar-refractivity contribution in [3.63, 3.8) is 0 Å². The number of methoxy groups -OCH3 is 2. The van der Waals surface area contributed by atoms with Gasteiger partial charge in [0.1, 0.15) is 5.82 Å². The van der Waals surface area contributed by atoms with Crippen molar-refractivity contribution < 1.29 is 23.5 Å².